The van der Waals surface area contributed by atoms with Crippen molar-refractivity contribution in [2.75, 3.05) is 13.1 Å². The maximum Gasteiger partial charge on any atom is 0.263 e. The van der Waals surface area contributed by atoms with Gasteiger partial charge in [0.05, 0.1) is 16.1 Å². The Kier molecular flexibility index (Phi) is 4.39. The lowest BCUT2D eigenvalue weighted by Gasteiger charge is -2.14. The van der Waals surface area contributed by atoms with E-state index >= 15 is 0 Å². The van der Waals surface area contributed by atoms with E-state index in [2.05, 4.69) is 5.32 Å². The first-order valence-corrected chi connectivity index (χ1v) is 6.85. The minimum absolute atomic E-state index is 0.0814. The standard InChI is InChI=1S/C14H15ClN2O3/c1-2-4-11(18)16-7-8-17-13(19)9-5-3-6-10(15)12(9)14(17)20/h3,5-6H,2,4,7-8H2,1H3,(H,16,18). The van der Waals surface area contributed by atoms with E-state index in [1.807, 2.05) is 6.92 Å². The van der Waals surface area contributed by atoms with E-state index in [0.717, 1.165) is 11.3 Å². The van der Waals surface area contributed by atoms with E-state index in [-0.39, 0.29) is 35.5 Å². The number of hydrogen-bond donors (Lipinski definition) is 1. The first-order chi connectivity index (χ1) is 9.56. The second-order valence-electron chi connectivity index (χ2n) is 4.52. The summed E-state index contributed by atoms with van der Waals surface area (Å²) in [4.78, 5) is 36.7. The van der Waals surface area contributed by atoms with E-state index < -0.39 is 5.91 Å². The molecule has 1 N–H and O–H groups in total. The van der Waals surface area contributed by atoms with Crippen LogP contribution in [0, 0.1) is 0 Å². The molecule has 0 aromatic heterocycles. The Balaban J connectivity index is 2.02. The number of fused-ring (bicyclic) bond motifs is 1. The van der Waals surface area contributed by atoms with Crippen molar-refractivity contribution in [2.24, 2.45) is 0 Å². The van der Waals surface area contributed by atoms with Crippen LogP contribution >= 0.6 is 11.6 Å². The van der Waals surface area contributed by atoms with Gasteiger partial charge in [0.15, 0.2) is 0 Å². The van der Waals surface area contributed by atoms with Crippen molar-refractivity contribution in [2.45, 2.75) is 19.8 Å². The number of carbonyl (C=O) groups excluding carboxylic acids is 3. The smallest absolute Gasteiger partial charge is 0.263 e. The van der Waals surface area contributed by atoms with Gasteiger partial charge in [-0.15, -0.1) is 0 Å². The van der Waals surface area contributed by atoms with Gasteiger partial charge >= 0.3 is 0 Å². The van der Waals surface area contributed by atoms with Crippen molar-refractivity contribution in [3.8, 4) is 0 Å². The Morgan fingerprint density at radius 1 is 1.30 bits per heavy atom. The van der Waals surface area contributed by atoms with Crippen LogP contribution in [0.4, 0.5) is 0 Å². The molecule has 20 heavy (non-hydrogen) atoms. The van der Waals surface area contributed by atoms with Crippen LogP contribution in [0.3, 0.4) is 0 Å². The fourth-order valence-corrected chi connectivity index (χ4v) is 2.37. The van der Waals surface area contributed by atoms with E-state index in [1.54, 1.807) is 18.2 Å². The largest absolute Gasteiger partial charge is 0.354 e. The second kappa shape index (κ2) is 6.05. The molecule has 0 radical (unpaired) electrons. The highest BCUT2D eigenvalue weighted by Gasteiger charge is 2.36. The third kappa shape index (κ3) is 2.67. The number of hydrogen-bond acceptors (Lipinski definition) is 3. The quantitative estimate of drug-likeness (QED) is 0.843. The minimum atomic E-state index is -0.402. The van der Waals surface area contributed by atoms with Crippen LogP contribution in [-0.2, 0) is 4.79 Å². The van der Waals surface area contributed by atoms with Crippen molar-refractivity contribution in [1.29, 1.82) is 0 Å². The van der Waals surface area contributed by atoms with Crippen LogP contribution in [0.15, 0.2) is 18.2 Å². The second-order valence-corrected chi connectivity index (χ2v) is 4.93. The fraction of sp³-hybridized carbons (Fsp3) is 0.357. The normalized spacial score (nSPS) is 13.6. The van der Waals surface area contributed by atoms with Crippen LogP contribution in [0.1, 0.15) is 40.5 Å². The van der Waals surface area contributed by atoms with E-state index in [4.69, 9.17) is 11.6 Å². The first-order valence-electron chi connectivity index (χ1n) is 6.47. The highest BCUT2D eigenvalue weighted by molar-refractivity contribution is 6.37. The fourth-order valence-electron chi connectivity index (χ4n) is 2.12. The number of amides is 3. The molecule has 0 bridgehead atoms. The molecule has 1 aliphatic heterocycles. The molecule has 1 aromatic rings. The molecule has 6 heteroatoms. The van der Waals surface area contributed by atoms with Gasteiger partial charge in [0.25, 0.3) is 11.8 Å². The summed E-state index contributed by atoms with van der Waals surface area (Å²) in [5, 5.41) is 2.95. The number of benzene rings is 1. The van der Waals surface area contributed by atoms with Crippen LogP contribution in [0.25, 0.3) is 0 Å². The molecule has 1 aliphatic rings. The van der Waals surface area contributed by atoms with Gasteiger partial charge in [-0.2, -0.15) is 0 Å². The molecule has 1 aromatic carbocycles. The van der Waals surface area contributed by atoms with Gasteiger partial charge in [0.2, 0.25) is 5.91 Å². The van der Waals surface area contributed by atoms with Crippen LogP contribution in [0.2, 0.25) is 5.02 Å². The number of carbonyl (C=O) groups is 3. The maximum atomic E-state index is 12.1. The summed E-state index contributed by atoms with van der Waals surface area (Å²) < 4.78 is 0. The molecule has 5 nitrogen and oxygen atoms in total. The van der Waals surface area contributed by atoms with Crippen molar-refractivity contribution >= 4 is 29.3 Å². The molecule has 0 saturated heterocycles. The van der Waals surface area contributed by atoms with Crippen LogP contribution in [0.5, 0.6) is 0 Å². The molecule has 0 saturated carbocycles. The average Bonchev–Trinajstić information content (AvgIpc) is 2.65. The molecule has 106 valence electrons. The highest BCUT2D eigenvalue weighted by Crippen LogP contribution is 2.28. The summed E-state index contributed by atoms with van der Waals surface area (Å²) in [5.74, 6) is -0.847. The zero-order chi connectivity index (χ0) is 14.7. The predicted molar refractivity (Wildman–Crippen MR) is 74.7 cm³/mol. The molecule has 0 spiro atoms. The summed E-state index contributed by atoms with van der Waals surface area (Å²) in [6.45, 7) is 2.31. The topological polar surface area (TPSA) is 66.5 Å². The number of rotatable bonds is 5. The van der Waals surface area contributed by atoms with Crippen molar-refractivity contribution in [1.82, 2.24) is 10.2 Å². The third-order valence-corrected chi connectivity index (χ3v) is 3.40. The molecule has 0 atom stereocenters. The Hall–Kier alpha value is -1.88. The first kappa shape index (κ1) is 14.5. The SMILES string of the molecule is CCCC(=O)NCCN1C(=O)c2cccc(Cl)c2C1=O. The van der Waals surface area contributed by atoms with E-state index in [9.17, 15) is 14.4 Å². The summed E-state index contributed by atoms with van der Waals surface area (Å²) in [6.07, 6.45) is 1.20. The average molecular weight is 295 g/mol. The Bertz CT molecular complexity index is 572. The van der Waals surface area contributed by atoms with Gasteiger partial charge < -0.3 is 5.32 Å². The van der Waals surface area contributed by atoms with Gasteiger partial charge in [-0.05, 0) is 18.6 Å². The summed E-state index contributed by atoms with van der Waals surface area (Å²) in [7, 11) is 0. The summed E-state index contributed by atoms with van der Waals surface area (Å²) in [6, 6.07) is 4.80. The van der Waals surface area contributed by atoms with Gasteiger partial charge in [-0.25, -0.2) is 0 Å². The molecular weight excluding hydrogens is 280 g/mol. The molecule has 2 rings (SSSR count). The Labute approximate surface area is 121 Å². The van der Waals surface area contributed by atoms with E-state index in [1.165, 1.54) is 0 Å². The van der Waals surface area contributed by atoms with Gasteiger partial charge in [0.1, 0.15) is 0 Å². The monoisotopic (exact) mass is 294 g/mol. The maximum absolute atomic E-state index is 12.1. The number of imide groups is 1. The zero-order valence-electron chi connectivity index (χ0n) is 11.1. The minimum Gasteiger partial charge on any atom is -0.354 e. The van der Waals surface area contributed by atoms with Crippen molar-refractivity contribution in [3.05, 3.63) is 34.3 Å². The lowest BCUT2D eigenvalue weighted by Crippen LogP contribution is -2.38. The third-order valence-electron chi connectivity index (χ3n) is 3.08. The lowest BCUT2D eigenvalue weighted by atomic mass is 10.1. The molecule has 0 aliphatic carbocycles. The number of nitrogens with zero attached hydrogens (tertiary/aromatic N) is 1. The van der Waals surface area contributed by atoms with Gasteiger partial charge in [-0.3, -0.25) is 19.3 Å². The molecule has 3 amide bonds. The lowest BCUT2D eigenvalue weighted by molar-refractivity contribution is -0.121. The van der Waals surface area contributed by atoms with E-state index in [0.29, 0.717) is 12.0 Å². The molecule has 0 unspecified atom stereocenters. The Morgan fingerprint density at radius 3 is 2.70 bits per heavy atom. The van der Waals surface area contributed by atoms with Crippen molar-refractivity contribution in [3.63, 3.8) is 0 Å². The van der Waals surface area contributed by atoms with Crippen LogP contribution in [-0.4, -0.2) is 35.7 Å². The van der Waals surface area contributed by atoms with Crippen LogP contribution < -0.4 is 5.32 Å². The predicted octanol–water partition coefficient (Wildman–Crippen LogP) is 1.85. The van der Waals surface area contributed by atoms with Gasteiger partial charge in [-0.1, -0.05) is 24.6 Å². The number of halogens is 1. The zero-order valence-corrected chi connectivity index (χ0v) is 11.9. The van der Waals surface area contributed by atoms with Crippen molar-refractivity contribution < 1.29 is 14.4 Å². The summed E-state index contributed by atoms with van der Waals surface area (Å²) in [5.41, 5.74) is 0.571. The molecule has 0 fully saturated rings. The van der Waals surface area contributed by atoms with Gasteiger partial charge in [0, 0.05) is 19.5 Å². The highest BCUT2D eigenvalue weighted by atomic mass is 35.5. The number of nitrogens with one attached hydrogen (secondary N) is 1. The Morgan fingerprint density at radius 2 is 2.05 bits per heavy atom. The summed E-state index contributed by atoms with van der Waals surface area (Å²) >= 11 is 5.95. The molecular formula is C14H15ClN2O3. The molecule has 1 heterocycles.